The van der Waals surface area contributed by atoms with E-state index < -0.39 is 0 Å². The van der Waals surface area contributed by atoms with Crippen molar-refractivity contribution in [3.63, 3.8) is 0 Å². The van der Waals surface area contributed by atoms with E-state index in [9.17, 15) is 0 Å². The molecule has 0 aliphatic carbocycles. The van der Waals surface area contributed by atoms with E-state index >= 15 is 0 Å². The van der Waals surface area contributed by atoms with E-state index in [-0.39, 0.29) is 0 Å². The van der Waals surface area contributed by atoms with Crippen LogP contribution in [-0.4, -0.2) is 19.2 Å². The standard InChI is InChI=1S/C15H18N4/c1-9-6-10(2)19-13(8-16-14(19)7-9)15-11(3)17-18(5)12(15)4/h6-8H,1-5H3. The van der Waals surface area contributed by atoms with Crippen molar-refractivity contribution in [2.75, 3.05) is 0 Å². The molecular formula is C15H18N4. The predicted molar refractivity (Wildman–Crippen MR) is 76.3 cm³/mol. The molecule has 3 heterocycles. The van der Waals surface area contributed by atoms with Crippen molar-refractivity contribution >= 4 is 5.65 Å². The first-order valence-electron chi connectivity index (χ1n) is 6.44. The second-order valence-electron chi connectivity index (χ2n) is 5.18. The first-order valence-corrected chi connectivity index (χ1v) is 6.44. The average Bonchev–Trinajstić information content (AvgIpc) is 2.82. The molecule has 0 atom stereocenters. The summed E-state index contributed by atoms with van der Waals surface area (Å²) in [6, 6.07) is 4.29. The van der Waals surface area contributed by atoms with Crippen molar-refractivity contribution in [2.45, 2.75) is 27.7 Å². The van der Waals surface area contributed by atoms with Gasteiger partial charge in [-0.3, -0.25) is 9.08 Å². The Morgan fingerprint density at radius 2 is 1.79 bits per heavy atom. The number of imidazole rings is 1. The van der Waals surface area contributed by atoms with Gasteiger partial charge in [0.2, 0.25) is 0 Å². The van der Waals surface area contributed by atoms with Crippen LogP contribution >= 0.6 is 0 Å². The monoisotopic (exact) mass is 254 g/mol. The van der Waals surface area contributed by atoms with Gasteiger partial charge in [0.1, 0.15) is 5.65 Å². The fraction of sp³-hybridized carbons (Fsp3) is 0.333. The van der Waals surface area contributed by atoms with E-state index in [4.69, 9.17) is 0 Å². The molecule has 3 aromatic heterocycles. The number of aromatic nitrogens is 4. The Bertz CT molecular complexity index is 777. The lowest BCUT2D eigenvalue weighted by atomic mass is 10.1. The minimum absolute atomic E-state index is 0.996. The molecule has 0 saturated heterocycles. The number of aryl methyl sites for hydroxylation is 4. The summed E-state index contributed by atoms with van der Waals surface area (Å²) < 4.78 is 4.12. The molecule has 0 radical (unpaired) electrons. The Balaban J connectivity index is 2.38. The van der Waals surface area contributed by atoms with Crippen LogP contribution in [0, 0.1) is 27.7 Å². The maximum atomic E-state index is 4.53. The van der Waals surface area contributed by atoms with Crippen LogP contribution in [0.1, 0.15) is 22.6 Å². The molecule has 3 rings (SSSR count). The summed E-state index contributed by atoms with van der Waals surface area (Å²) in [5, 5.41) is 4.50. The molecule has 4 nitrogen and oxygen atoms in total. The van der Waals surface area contributed by atoms with Crippen molar-refractivity contribution in [2.24, 2.45) is 7.05 Å². The summed E-state index contributed by atoms with van der Waals surface area (Å²) in [4.78, 5) is 4.53. The molecule has 98 valence electrons. The van der Waals surface area contributed by atoms with Crippen LogP contribution in [0.25, 0.3) is 16.9 Å². The molecule has 0 saturated carbocycles. The average molecular weight is 254 g/mol. The van der Waals surface area contributed by atoms with Crippen LogP contribution in [0.4, 0.5) is 0 Å². The Kier molecular flexibility index (Phi) is 2.49. The largest absolute Gasteiger partial charge is 0.297 e. The van der Waals surface area contributed by atoms with Crippen molar-refractivity contribution < 1.29 is 0 Å². The van der Waals surface area contributed by atoms with Crippen molar-refractivity contribution in [3.05, 3.63) is 41.0 Å². The summed E-state index contributed by atoms with van der Waals surface area (Å²) in [7, 11) is 1.98. The van der Waals surface area contributed by atoms with Gasteiger partial charge in [-0.1, -0.05) is 0 Å². The number of rotatable bonds is 1. The molecule has 0 amide bonds. The Labute approximate surface area is 112 Å². The predicted octanol–water partition coefficient (Wildman–Crippen LogP) is 2.97. The third-order valence-corrected chi connectivity index (χ3v) is 3.70. The highest BCUT2D eigenvalue weighted by atomic mass is 15.3. The second kappa shape index (κ2) is 3.95. The molecule has 0 unspecified atom stereocenters. The van der Waals surface area contributed by atoms with Crippen molar-refractivity contribution in [1.29, 1.82) is 0 Å². The lowest BCUT2D eigenvalue weighted by molar-refractivity contribution is 0.731. The fourth-order valence-corrected chi connectivity index (χ4v) is 2.80. The molecule has 0 fully saturated rings. The lowest BCUT2D eigenvalue weighted by Gasteiger charge is -2.07. The quantitative estimate of drug-likeness (QED) is 0.669. The van der Waals surface area contributed by atoms with E-state index in [1.165, 1.54) is 22.5 Å². The van der Waals surface area contributed by atoms with Gasteiger partial charge in [0.15, 0.2) is 0 Å². The molecule has 4 heteroatoms. The van der Waals surface area contributed by atoms with Gasteiger partial charge in [-0.25, -0.2) is 4.98 Å². The minimum Gasteiger partial charge on any atom is -0.297 e. The van der Waals surface area contributed by atoms with Gasteiger partial charge in [0, 0.05) is 24.0 Å². The van der Waals surface area contributed by atoms with Gasteiger partial charge in [-0.15, -0.1) is 0 Å². The van der Waals surface area contributed by atoms with Gasteiger partial charge < -0.3 is 0 Å². The number of hydrogen-bond donors (Lipinski definition) is 0. The van der Waals surface area contributed by atoms with Gasteiger partial charge in [0.05, 0.1) is 17.6 Å². The molecule has 0 bridgehead atoms. The normalized spacial score (nSPS) is 11.4. The fourth-order valence-electron chi connectivity index (χ4n) is 2.80. The zero-order valence-electron chi connectivity index (χ0n) is 12.0. The van der Waals surface area contributed by atoms with Crippen LogP contribution in [0.15, 0.2) is 18.3 Å². The van der Waals surface area contributed by atoms with E-state index in [1.54, 1.807) is 0 Å². The summed E-state index contributed by atoms with van der Waals surface area (Å²) in [5.74, 6) is 0. The molecule has 0 spiro atoms. The lowest BCUT2D eigenvalue weighted by Crippen LogP contribution is -1.97. The number of fused-ring (bicyclic) bond motifs is 1. The Morgan fingerprint density at radius 3 is 2.42 bits per heavy atom. The first-order chi connectivity index (χ1) is 8.99. The van der Waals surface area contributed by atoms with E-state index in [0.717, 1.165) is 17.0 Å². The highest BCUT2D eigenvalue weighted by Crippen LogP contribution is 2.28. The highest BCUT2D eigenvalue weighted by molar-refractivity contribution is 5.69. The highest BCUT2D eigenvalue weighted by Gasteiger charge is 2.16. The third-order valence-electron chi connectivity index (χ3n) is 3.70. The van der Waals surface area contributed by atoms with Gasteiger partial charge in [0.25, 0.3) is 0 Å². The molecule has 3 aromatic rings. The van der Waals surface area contributed by atoms with Crippen LogP contribution < -0.4 is 0 Å². The van der Waals surface area contributed by atoms with Gasteiger partial charge in [-0.05, 0) is 45.4 Å². The first kappa shape index (κ1) is 12.0. The second-order valence-corrected chi connectivity index (χ2v) is 5.18. The SMILES string of the molecule is Cc1cc(C)n2c(-c3c(C)nn(C)c3C)cnc2c1. The van der Waals surface area contributed by atoms with Crippen LogP contribution in [0.2, 0.25) is 0 Å². The molecule has 0 aromatic carbocycles. The number of nitrogens with zero attached hydrogens (tertiary/aromatic N) is 4. The zero-order chi connectivity index (χ0) is 13.7. The van der Waals surface area contributed by atoms with Crippen LogP contribution in [0.3, 0.4) is 0 Å². The van der Waals surface area contributed by atoms with E-state index in [1.807, 2.05) is 24.9 Å². The number of hydrogen-bond acceptors (Lipinski definition) is 2. The van der Waals surface area contributed by atoms with Crippen molar-refractivity contribution in [3.8, 4) is 11.3 Å². The minimum atomic E-state index is 0.996. The van der Waals surface area contributed by atoms with Gasteiger partial charge >= 0.3 is 0 Å². The van der Waals surface area contributed by atoms with Gasteiger partial charge in [-0.2, -0.15) is 5.10 Å². The molecule has 0 N–H and O–H groups in total. The Hall–Kier alpha value is -2.10. The summed E-state index contributed by atoms with van der Waals surface area (Å²) >= 11 is 0. The maximum Gasteiger partial charge on any atom is 0.137 e. The van der Waals surface area contributed by atoms with Crippen molar-refractivity contribution in [1.82, 2.24) is 19.2 Å². The summed E-state index contributed by atoms with van der Waals surface area (Å²) in [6.45, 7) is 8.36. The van der Waals surface area contributed by atoms with E-state index in [2.05, 4.69) is 47.4 Å². The van der Waals surface area contributed by atoms with Crippen LogP contribution in [0.5, 0.6) is 0 Å². The summed E-state index contributed by atoms with van der Waals surface area (Å²) in [5.41, 5.74) is 7.95. The topological polar surface area (TPSA) is 35.1 Å². The molecule has 0 aliphatic heterocycles. The molecule has 19 heavy (non-hydrogen) atoms. The third kappa shape index (κ3) is 1.67. The van der Waals surface area contributed by atoms with Crippen LogP contribution in [-0.2, 0) is 7.05 Å². The summed E-state index contributed by atoms with van der Waals surface area (Å²) in [6.07, 6.45) is 1.94. The zero-order valence-corrected chi connectivity index (χ0v) is 12.0. The molecular weight excluding hydrogens is 236 g/mol. The number of pyridine rings is 1. The Morgan fingerprint density at radius 1 is 1.05 bits per heavy atom. The smallest absolute Gasteiger partial charge is 0.137 e. The molecule has 0 aliphatic rings. The van der Waals surface area contributed by atoms with E-state index in [0.29, 0.717) is 0 Å². The maximum absolute atomic E-state index is 4.53.